The number of ether oxygens (including phenoxy) is 3. The average Bonchev–Trinajstić information content (AvgIpc) is 2.80. The van der Waals surface area contributed by atoms with Crippen LogP contribution in [0.25, 0.3) is 0 Å². The molecule has 1 aromatic carbocycles. The van der Waals surface area contributed by atoms with E-state index in [1.54, 1.807) is 19.9 Å². The fourth-order valence-corrected chi connectivity index (χ4v) is 2.55. The van der Waals surface area contributed by atoms with E-state index in [4.69, 9.17) is 25.8 Å². The topological polar surface area (TPSA) is 78.9 Å². The van der Waals surface area contributed by atoms with Crippen LogP contribution in [0.5, 0.6) is 5.75 Å². The summed E-state index contributed by atoms with van der Waals surface area (Å²) >= 11 is 5.89. The van der Waals surface area contributed by atoms with Crippen molar-refractivity contribution in [3.8, 4) is 5.75 Å². The van der Waals surface area contributed by atoms with E-state index in [9.17, 15) is 14.4 Å². The van der Waals surface area contributed by atoms with Gasteiger partial charge in [0.1, 0.15) is 5.75 Å². The molecule has 0 bridgehead atoms. The fourth-order valence-electron chi connectivity index (χ4n) is 2.38. The molecular formula is C16H17ClO6. The predicted octanol–water partition coefficient (Wildman–Crippen LogP) is 2.56. The van der Waals surface area contributed by atoms with Crippen LogP contribution in [0, 0.1) is 0 Å². The number of ketones is 1. The molecule has 1 aliphatic heterocycles. The molecule has 0 fully saturated rings. The first-order valence-corrected chi connectivity index (χ1v) is 7.68. The molecule has 0 radical (unpaired) electrons. The molecule has 1 aliphatic rings. The smallest absolute Gasteiger partial charge is 0.358 e. The molecule has 2 rings (SSSR count). The van der Waals surface area contributed by atoms with E-state index in [-0.39, 0.29) is 37.4 Å². The van der Waals surface area contributed by atoms with Crippen LogP contribution >= 0.6 is 11.6 Å². The van der Waals surface area contributed by atoms with Gasteiger partial charge in [-0.05, 0) is 32.0 Å². The summed E-state index contributed by atoms with van der Waals surface area (Å²) in [6.45, 7) is 3.61. The quantitative estimate of drug-likeness (QED) is 0.585. The fraction of sp³-hybridized carbons (Fsp3) is 0.438. The van der Waals surface area contributed by atoms with Gasteiger partial charge in [-0.2, -0.15) is 0 Å². The second-order valence-electron chi connectivity index (χ2n) is 4.92. The van der Waals surface area contributed by atoms with Gasteiger partial charge in [-0.25, -0.2) is 4.79 Å². The molecular weight excluding hydrogens is 324 g/mol. The van der Waals surface area contributed by atoms with E-state index in [1.807, 2.05) is 0 Å². The van der Waals surface area contributed by atoms with Gasteiger partial charge in [0.05, 0.1) is 25.2 Å². The lowest BCUT2D eigenvalue weighted by Crippen LogP contribution is -2.49. The second kappa shape index (κ2) is 7.00. The number of carbonyl (C=O) groups is 3. The molecule has 0 aliphatic carbocycles. The summed E-state index contributed by atoms with van der Waals surface area (Å²) in [4.78, 5) is 36.7. The van der Waals surface area contributed by atoms with Crippen LogP contribution < -0.4 is 4.74 Å². The number of fused-ring (bicyclic) bond motifs is 1. The number of hydrogen-bond acceptors (Lipinski definition) is 6. The number of esters is 2. The van der Waals surface area contributed by atoms with Crippen LogP contribution in [0.2, 0.25) is 5.02 Å². The Morgan fingerprint density at radius 1 is 1.22 bits per heavy atom. The van der Waals surface area contributed by atoms with Crippen LogP contribution in [0.4, 0.5) is 0 Å². The third kappa shape index (κ3) is 3.32. The van der Waals surface area contributed by atoms with Crippen molar-refractivity contribution in [2.75, 3.05) is 13.2 Å². The summed E-state index contributed by atoms with van der Waals surface area (Å²) in [6, 6.07) is 4.51. The molecule has 0 aromatic heterocycles. The number of hydrogen-bond donors (Lipinski definition) is 0. The Balaban J connectivity index is 2.31. The Labute approximate surface area is 138 Å². The van der Waals surface area contributed by atoms with Crippen molar-refractivity contribution in [3.05, 3.63) is 28.8 Å². The number of Topliss-reactive ketones (excluding diaryl/α,β-unsaturated/α-hetero) is 1. The molecule has 6 nitrogen and oxygen atoms in total. The molecule has 0 N–H and O–H groups in total. The molecule has 1 atom stereocenters. The second-order valence-corrected chi connectivity index (χ2v) is 5.36. The number of carbonyl (C=O) groups excluding carboxylic acids is 3. The van der Waals surface area contributed by atoms with Crippen molar-refractivity contribution >= 4 is 29.3 Å². The van der Waals surface area contributed by atoms with Crippen LogP contribution in [-0.4, -0.2) is 36.5 Å². The Morgan fingerprint density at radius 3 is 2.57 bits per heavy atom. The molecule has 0 saturated carbocycles. The molecule has 124 valence electrons. The zero-order valence-corrected chi connectivity index (χ0v) is 13.6. The number of rotatable bonds is 6. The average molecular weight is 341 g/mol. The molecule has 7 heteroatoms. The summed E-state index contributed by atoms with van der Waals surface area (Å²) < 4.78 is 15.4. The van der Waals surface area contributed by atoms with Crippen LogP contribution in [-0.2, 0) is 19.1 Å². The van der Waals surface area contributed by atoms with Crippen molar-refractivity contribution in [1.29, 1.82) is 0 Å². The van der Waals surface area contributed by atoms with Crippen LogP contribution in [0.15, 0.2) is 18.2 Å². The van der Waals surface area contributed by atoms with Crippen LogP contribution in [0.1, 0.15) is 37.0 Å². The zero-order valence-electron chi connectivity index (χ0n) is 12.9. The highest BCUT2D eigenvalue weighted by atomic mass is 35.5. The van der Waals surface area contributed by atoms with E-state index in [2.05, 4.69) is 0 Å². The first-order chi connectivity index (χ1) is 10.9. The highest BCUT2D eigenvalue weighted by molar-refractivity contribution is 6.31. The minimum Gasteiger partial charge on any atom is -0.466 e. The van der Waals surface area contributed by atoms with Gasteiger partial charge in [-0.3, -0.25) is 9.59 Å². The molecule has 1 heterocycles. The van der Waals surface area contributed by atoms with Crippen molar-refractivity contribution in [1.82, 2.24) is 0 Å². The standard InChI is InChI=1S/C16H17ClO6/c1-3-21-13(18)7-8-16(15(20)22-4-2)14(19)11-9-10(17)5-6-12(11)23-16/h5-6,9H,3-4,7-8H2,1-2H3/t16-/m1/s1. The van der Waals surface area contributed by atoms with Gasteiger partial charge >= 0.3 is 11.9 Å². The lowest BCUT2D eigenvalue weighted by Gasteiger charge is -2.24. The Morgan fingerprint density at radius 2 is 1.91 bits per heavy atom. The molecule has 23 heavy (non-hydrogen) atoms. The monoisotopic (exact) mass is 340 g/mol. The summed E-state index contributed by atoms with van der Waals surface area (Å²) in [5, 5.41) is 0.353. The van der Waals surface area contributed by atoms with E-state index in [1.165, 1.54) is 12.1 Å². The number of benzene rings is 1. The highest BCUT2D eigenvalue weighted by Gasteiger charge is 2.55. The Kier molecular flexibility index (Phi) is 5.26. The largest absolute Gasteiger partial charge is 0.466 e. The molecule has 1 aromatic rings. The maximum atomic E-state index is 12.7. The van der Waals surface area contributed by atoms with Gasteiger partial charge in [0.15, 0.2) is 0 Å². The minimum absolute atomic E-state index is 0.0910. The van der Waals surface area contributed by atoms with Crippen molar-refractivity contribution in [2.45, 2.75) is 32.3 Å². The first-order valence-electron chi connectivity index (χ1n) is 7.30. The Bertz CT molecular complexity index is 641. The lowest BCUT2D eigenvalue weighted by molar-refractivity contribution is -0.158. The third-order valence-electron chi connectivity index (χ3n) is 3.43. The van der Waals surface area contributed by atoms with Gasteiger partial charge in [0.25, 0.3) is 5.60 Å². The van der Waals surface area contributed by atoms with Crippen LogP contribution in [0.3, 0.4) is 0 Å². The first kappa shape index (κ1) is 17.3. The van der Waals surface area contributed by atoms with Crippen molar-refractivity contribution in [3.63, 3.8) is 0 Å². The SMILES string of the molecule is CCOC(=O)CC[C@@]1(C(=O)OCC)Oc2ccc(Cl)cc2C1=O. The van der Waals surface area contributed by atoms with Crippen molar-refractivity contribution in [2.24, 2.45) is 0 Å². The van der Waals surface area contributed by atoms with E-state index in [0.29, 0.717) is 5.02 Å². The normalized spacial score (nSPS) is 19.0. The van der Waals surface area contributed by atoms with Crippen molar-refractivity contribution < 1.29 is 28.6 Å². The predicted molar refractivity (Wildman–Crippen MR) is 81.6 cm³/mol. The molecule has 0 unspecified atom stereocenters. The van der Waals surface area contributed by atoms with Gasteiger partial charge in [-0.1, -0.05) is 11.6 Å². The molecule has 0 spiro atoms. The zero-order chi connectivity index (χ0) is 17.0. The summed E-state index contributed by atoms with van der Waals surface area (Å²) in [5.74, 6) is -1.64. The third-order valence-corrected chi connectivity index (χ3v) is 3.66. The van der Waals surface area contributed by atoms with Gasteiger partial charge in [0.2, 0.25) is 5.78 Å². The number of halogens is 1. The van der Waals surface area contributed by atoms with E-state index in [0.717, 1.165) is 0 Å². The van der Waals surface area contributed by atoms with Gasteiger partial charge in [-0.15, -0.1) is 0 Å². The maximum Gasteiger partial charge on any atom is 0.358 e. The van der Waals surface area contributed by atoms with Gasteiger partial charge in [0, 0.05) is 11.4 Å². The molecule has 0 saturated heterocycles. The van der Waals surface area contributed by atoms with E-state index < -0.39 is 23.3 Å². The highest BCUT2D eigenvalue weighted by Crippen LogP contribution is 2.39. The van der Waals surface area contributed by atoms with E-state index >= 15 is 0 Å². The summed E-state index contributed by atoms with van der Waals surface area (Å²) in [7, 11) is 0. The van der Waals surface area contributed by atoms with Gasteiger partial charge < -0.3 is 14.2 Å². The maximum absolute atomic E-state index is 12.7. The lowest BCUT2D eigenvalue weighted by atomic mass is 9.90. The minimum atomic E-state index is -1.87. The summed E-state index contributed by atoms with van der Waals surface area (Å²) in [6.07, 6.45) is -0.296. The summed E-state index contributed by atoms with van der Waals surface area (Å²) in [5.41, 5.74) is -1.66. The molecule has 0 amide bonds. The Hall–Kier alpha value is -2.08.